The molecule has 0 fully saturated rings. The molecule has 0 radical (unpaired) electrons. The second-order valence-corrected chi connectivity index (χ2v) is 17.0. The standard InChI is InChI=1S/C65H55N/c1-6-9-27-52-43-50-30-19-20-31-51(50)45-62(52)53-32-25-37-56(44-53)66(42-24-23-26-47(4)48(5)58(7-2)59(8-3)49-28-13-10-14-29-49)57-40-41-61-60-38-21-22-39-63(60)65(64(61)46-57,54-33-15-11-16-34-54)55-35-17-12-18-36-55/h6-22,24-25,27-46,58-59H,1-5,23,26H2/b27-9-,42-24+. The minimum Gasteiger partial charge on any atom is -0.317 e. The summed E-state index contributed by atoms with van der Waals surface area (Å²) in [5.41, 5.74) is 15.8. The van der Waals surface area contributed by atoms with Crippen LogP contribution < -0.4 is 4.90 Å². The largest absolute Gasteiger partial charge is 0.317 e. The fraction of sp³-hybridized carbons (Fsp3) is 0.0769. The summed E-state index contributed by atoms with van der Waals surface area (Å²) in [5, 5.41) is 2.40. The van der Waals surface area contributed by atoms with Crippen molar-refractivity contribution in [3.8, 4) is 22.3 Å². The van der Waals surface area contributed by atoms with Gasteiger partial charge in [-0.15, -0.1) is 13.2 Å². The number of allylic oxidation sites excluding steroid dienone is 7. The lowest BCUT2D eigenvalue weighted by molar-refractivity contribution is 0.672. The van der Waals surface area contributed by atoms with Gasteiger partial charge >= 0.3 is 0 Å². The van der Waals surface area contributed by atoms with Gasteiger partial charge in [0.15, 0.2) is 0 Å². The second kappa shape index (κ2) is 19.4. The Hall–Kier alpha value is -8.00. The van der Waals surface area contributed by atoms with Gasteiger partial charge in [0.05, 0.1) is 5.41 Å². The summed E-state index contributed by atoms with van der Waals surface area (Å²) in [6.07, 6.45) is 16.0. The van der Waals surface area contributed by atoms with E-state index in [2.05, 4.69) is 244 Å². The molecule has 0 bridgehead atoms. The van der Waals surface area contributed by atoms with E-state index < -0.39 is 5.41 Å². The molecule has 1 aliphatic rings. The molecule has 0 aromatic heterocycles. The molecule has 0 spiro atoms. The van der Waals surface area contributed by atoms with Crippen molar-refractivity contribution in [3.05, 3.63) is 308 Å². The van der Waals surface area contributed by atoms with Gasteiger partial charge in [0.2, 0.25) is 0 Å². The molecule has 9 rings (SSSR count). The van der Waals surface area contributed by atoms with Gasteiger partial charge in [-0.2, -0.15) is 0 Å². The highest BCUT2D eigenvalue weighted by molar-refractivity contribution is 5.93. The molecule has 2 atom stereocenters. The zero-order chi connectivity index (χ0) is 45.5. The molecule has 0 amide bonds. The van der Waals surface area contributed by atoms with Crippen LogP contribution in [0.25, 0.3) is 39.1 Å². The van der Waals surface area contributed by atoms with Gasteiger partial charge in [0, 0.05) is 29.4 Å². The molecule has 0 aliphatic heterocycles. The second-order valence-electron chi connectivity index (χ2n) is 17.0. The summed E-state index contributed by atoms with van der Waals surface area (Å²) in [6, 6.07) is 70.5. The average Bonchev–Trinajstić information content (AvgIpc) is 3.67. The Morgan fingerprint density at radius 2 is 1.17 bits per heavy atom. The smallest absolute Gasteiger partial charge is 0.0714 e. The molecule has 1 heteroatoms. The highest BCUT2D eigenvalue weighted by atomic mass is 15.1. The Morgan fingerprint density at radius 3 is 1.85 bits per heavy atom. The summed E-state index contributed by atoms with van der Waals surface area (Å²) < 4.78 is 0. The van der Waals surface area contributed by atoms with E-state index >= 15 is 0 Å². The topological polar surface area (TPSA) is 3.24 Å². The molecule has 2 unspecified atom stereocenters. The van der Waals surface area contributed by atoms with Crippen LogP contribution in [0.15, 0.2) is 275 Å². The average molecular weight is 850 g/mol. The van der Waals surface area contributed by atoms with Gasteiger partial charge in [-0.05, 0) is 121 Å². The van der Waals surface area contributed by atoms with Gasteiger partial charge in [0.1, 0.15) is 0 Å². The third kappa shape index (κ3) is 8.17. The van der Waals surface area contributed by atoms with Crippen LogP contribution in [0.4, 0.5) is 11.4 Å². The van der Waals surface area contributed by atoms with Crippen LogP contribution in [0.2, 0.25) is 0 Å². The zero-order valence-electron chi connectivity index (χ0n) is 37.6. The number of benzene rings is 8. The monoisotopic (exact) mass is 849 g/mol. The van der Waals surface area contributed by atoms with Crippen molar-refractivity contribution in [1.29, 1.82) is 0 Å². The molecule has 320 valence electrons. The van der Waals surface area contributed by atoms with Crippen molar-refractivity contribution in [2.24, 2.45) is 5.92 Å². The van der Waals surface area contributed by atoms with E-state index in [0.29, 0.717) is 0 Å². The number of nitrogens with zero attached hydrogens (tertiary/aromatic N) is 1. The SMILES string of the molecule is C=C/C=C\c1cc2ccccc2cc1-c1cccc(N(/C=C/CCC(=C)C(=C)C(C=C)C(C=C)c2ccccc2)c2ccc3c(c2)C(c2ccccc2)(c2ccccc2)c2ccccc2-3)c1. The Bertz CT molecular complexity index is 3090. The molecule has 0 N–H and O–H groups in total. The molecular weight excluding hydrogens is 795 g/mol. The number of anilines is 2. The number of rotatable bonds is 17. The van der Waals surface area contributed by atoms with Crippen LogP contribution in [-0.2, 0) is 5.41 Å². The first kappa shape index (κ1) is 43.3. The third-order valence-electron chi connectivity index (χ3n) is 13.3. The van der Waals surface area contributed by atoms with E-state index in [-0.39, 0.29) is 11.8 Å². The van der Waals surface area contributed by atoms with Crippen LogP contribution >= 0.6 is 0 Å². The van der Waals surface area contributed by atoms with E-state index in [0.717, 1.165) is 52.1 Å². The van der Waals surface area contributed by atoms with E-state index in [1.807, 2.05) is 30.4 Å². The lowest BCUT2D eigenvalue weighted by Crippen LogP contribution is -2.28. The quantitative estimate of drug-likeness (QED) is 0.0652. The lowest BCUT2D eigenvalue weighted by atomic mass is 9.67. The molecule has 1 aliphatic carbocycles. The minimum atomic E-state index is -0.526. The molecule has 0 saturated carbocycles. The molecule has 8 aromatic carbocycles. The predicted octanol–water partition coefficient (Wildman–Crippen LogP) is 17.4. The first-order valence-corrected chi connectivity index (χ1v) is 22.9. The summed E-state index contributed by atoms with van der Waals surface area (Å²) in [4.78, 5) is 2.35. The first-order valence-electron chi connectivity index (χ1n) is 22.9. The van der Waals surface area contributed by atoms with Crippen LogP contribution in [0.5, 0.6) is 0 Å². The van der Waals surface area contributed by atoms with Crippen molar-refractivity contribution in [1.82, 2.24) is 0 Å². The van der Waals surface area contributed by atoms with E-state index in [9.17, 15) is 0 Å². The maximum Gasteiger partial charge on any atom is 0.0714 e. The van der Waals surface area contributed by atoms with Crippen LogP contribution in [0, 0.1) is 5.92 Å². The van der Waals surface area contributed by atoms with Crippen LogP contribution in [0.3, 0.4) is 0 Å². The maximum absolute atomic E-state index is 4.56. The fourth-order valence-corrected chi connectivity index (χ4v) is 10.0. The lowest BCUT2D eigenvalue weighted by Gasteiger charge is -2.34. The van der Waals surface area contributed by atoms with Crippen molar-refractivity contribution >= 4 is 28.2 Å². The minimum absolute atomic E-state index is 0.00743. The molecular formula is C65H55N. The maximum atomic E-state index is 4.56. The van der Waals surface area contributed by atoms with Gasteiger partial charge in [0.25, 0.3) is 0 Å². The van der Waals surface area contributed by atoms with E-state index in [1.54, 1.807) is 0 Å². The highest BCUT2D eigenvalue weighted by Gasteiger charge is 2.46. The van der Waals surface area contributed by atoms with Crippen LogP contribution in [-0.4, -0.2) is 0 Å². The molecule has 66 heavy (non-hydrogen) atoms. The predicted molar refractivity (Wildman–Crippen MR) is 284 cm³/mol. The number of hydrogen-bond acceptors (Lipinski definition) is 1. The Balaban J connectivity index is 1.15. The summed E-state index contributed by atoms with van der Waals surface area (Å²) in [6.45, 7) is 21.5. The van der Waals surface area contributed by atoms with Gasteiger partial charge in [-0.1, -0.05) is 219 Å². The molecule has 1 nitrogen and oxygen atoms in total. The van der Waals surface area contributed by atoms with Crippen molar-refractivity contribution in [2.45, 2.75) is 24.2 Å². The first-order chi connectivity index (χ1) is 32.5. The van der Waals surface area contributed by atoms with Gasteiger partial charge < -0.3 is 4.90 Å². The molecule has 8 aromatic rings. The third-order valence-corrected chi connectivity index (χ3v) is 13.3. The Kier molecular flexibility index (Phi) is 12.7. The van der Waals surface area contributed by atoms with Gasteiger partial charge in [-0.3, -0.25) is 0 Å². The zero-order valence-corrected chi connectivity index (χ0v) is 37.6. The van der Waals surface area contributed by atoms with Crippen molar-refractivity contribution in [3.63, 3.8) is 0 Å². The van der Waals surface area contributed by atoms with Gasteiger partial charge in [-0.25, -0.2) is 0 Å². The Morgan fingerprint density at radius 1 is 0.545 bits per heavy atom. The van der Waals surface area contributed by atoms with Crippen LogP contribution in [0.1, 0.15) is 52.1 Å². The van der Waals surface area contributed by atoms with E-state index in [1.165, 1.54) is 49.7 Å². The van der Waals surface area contributed by atoms with Crippen molar-refractivity contribution < 1.29 is 0 Å². The Labute approximate surface area is 391 Å². The van der Waals surface area contributed by atoms with E-state index in [4.69, 9.17) is 0 Å². The van der Waals surface area contributed by atoms with Crippen molar-refractivity contribution in [2.75, 3.05) is 4.90 Å². The summed E-state index contributed by atoms with van der Waals surface area (Å²) in [7, 11) is 0. The number of fused-ring (bicyclic) bond motifs is 4. The normalized spacial score (nSPS) is 13.5. The highest BCUT2D eigenvalue weighted by Crippen LogP contribution is 2.57. The molecule has 0 saturated heterocycles. The number of hydrogen-bond donors (Lipinski definition) is 0. The summed E-state index contributed by atoms with van der Waals surface area (Å²) >= 11 is 0. The fourth-order valence-electron chi connectivity index (χ4n) is 10.0. The molecule has 0 heterocycles. The summed E-state index contributed by atoms with van der Waals surface area (Å²) in [5.74, 6) is 0.0541.